The summed E-state index contributed by atoms with van der Waals surface area (Å²) in [7, 11) is 0. The number of aliphatic hydroxyl groups is 1. The van der Waals surface area contributed by atoms with Gasteiger partial charge in [0, 0.05) is 6.54 Å². The number of urea groups is 1. The largest absolute Gasteiger partial charge is 0.394 e. The van der Waals surface area contributed by atoms with E-state index in [4.69, 9.17) is 5.11 Å². The lowest BCUT2D eigenvalue weighted by Crippen LogP contribution is -2.42. The molecule has 5 heteroatoms. The maximum atomic E-state index is 12.9. The Balaban J connectivity index is 2.35. The topological polar surface area (TPSA) is 61.4 Å². The van der Waals surface area contributed by atoms with Gasteiger partial charge in [-0.15, -0.1) is 0 Å². The predicted molar refractivity (Wildman–Crippen MR) is 67.9 cm³/mol. The van der Waals surface area contributed by atoms with Crippen LogP contribution in [-0.4, -0.2) is 30.3 Å². The van der Waals surface area contributed by atoms with E-state index >= 15 is 0 Å². The van der Waals surface area contributed by atoms with Crippen molar-refractivity contribution in [2.24, 2.45) is 0 Å². The summed E-state index contributed by atoms with van der Waals surface area (Å²) in [5.74, 6) is -0.251. The summed E-state index contributed by atoms with van der Waals surface area (Å²) in [6, 6.07) is 4.04. The van der Waals surface area contributed by atoms with Gasteiger partial charge in [-0.3, -0.25) is 0 Å². The Morgan fingerprint density at radius 2 is 2.22 bits per heavy atom. The normalized spacial score (nSPS) is 12.0. The predicted octanol–water partition coefficient (Wildman–Crippen LogP) is 1.36. The smallest absolute Gasteiger partial charge is 0.315 e. The quantitative estimate of drug-likeness (QED) is 0.743. The van der Waals surface area contributed by atoms with Crippen LogP contribution in [0, 0.1) is 12.7 Å². The van der Waals surface area contributed by atoms with Gasteiger partial charge in [0.05, 0.1) is 12.6 Å². The highest BCUT2D eigenvalue weighted by molar-refractivity contribution is 5.74. The van der Waals surface area contributed by atoms with E-state index in [1.807, 2.05) is 6.92 Å². The van der Waals surface area contributed by atoms with Crippen LogP contribution >= 0.6 is 0 Å². The summed E-state index contributed by atoms with van der Waals surface area (Å²) in [6.07, 6.45) is 0.646. The van der Waals surface area contributed by atoms with E-state index < -0.39 is 0 Å². The number of nitrogens with one attached hydrogen (secondary N) is 2. The number of hydrogen-bond donors (Lipinski definition) is 3. The summed E-state index contributed by atoms with van der Waals surface area (Å²) in [4.78, 5) is 11.3. The molecule has 1 unspecified atom stereocenters. The number of aliphatic hydroxyl groups excluding tert-OH is 1. The Kier molecular flexibility index (Phi) is 5.58. The molecular weight excluding hydrogens is 235 g/mol. The fourth-order valence-electron chi connectivity index (χ4n) is 1.57. The molecule has 0 spiro atoms. The second kappa shape index (κ2) is 6.96. The molecule has 2 amide bonds. The van der Waals surface area contributed by atoms with Gasteiger partial charge >= 0.3 is 6.03 Å². The minimum atomic E-state index is -0.309. The molecule has 3 N–H and O–H groups in total. The number of rotatable bonds is 5. The molecule has 0 fully saturated rings. The summed E-state index contributed by atoms with van der Waals surface area (Å²) in [5, 5.41) is 14.0. The Bertz CT molecular complexity index is 410. The molecule has 18 heavy (non-hydrogen) atoms. The minimum Gasteiger partial charge on any atom is -0.394 e. The van der Waals surface area contributed by atoms with Crippen molar-refractivity contribution in [3.05, 3.63) is 35.1 Å². The first-order valence-corrected chi connectivity index (χ1v) is 5.93. The number of amides is 2. The molecule has 0 aromatic heterocycles. The number of carbonyl (C=O) groups is 1. The molecule has 0 saturated carbocycles. The first-order chi connectivity index (χ1) is 8.52. The van der Waals surface area contributed by atoms with E-state index in [0.717, 1.165) is 11.1 Å². The lowest BCUT2D eigenvalue weighted by atomic mass is 10.1. The molecular formula is C13H19FN2O2. The van der Waals surface area contributed by atoms with E-state index in [1.54, 1.807) is 13.0 Å². The van der Waals surface area contributed by atoms with Crippen LogP contribution in [0.2, 0.25) is 0 Å². The third-order valence-electron chi connectivity index (χ3n) is 2.64. The molecule has 1 atom stereocenters. The Hall–Kier alpha value is -1.62. The number of carbonyl (C=O) groups excluding carboxylic acids is 1. The Morgan fingerprint density at radius 3 is 2.83 bits per heavy atom. The van der Waals surface area contributed by atoms with E-state index in [-0.39, 0.29) is 24.5 Å². The summed E-state index contributed by atoms with van der Waals surface area (Å²) < 4.78 is 12.9. The van der Waals surface area contributed by atoms with Gasteiger partial charge in [-0.25, -0.2) is 9.18 Å². The molecule has 0 saturated heterocycles. The van der Waals surface area contributed by atoms with Crippen LogP contribution in [0.25, 0.3) is 0 Å². The molecule has 1 aromatic carbocycles. The fraction of sp³-hybridized carbons (Fsp3) is 0.462. The molecule has 1 rings (SSSR count). The van der Waals surface area contributed by atoms with Crippen LogP contribution < -0.4 is 10.6 Å². The van der Waals surface area contributed by atoms with E-state index in [1.165, 1.54) is 12.1 Å². The summed E-state index contributed by atoms with van der Waals surface area (Å²) >= 11 is 0. The first kappa shape index (κ1) is 14.4. The monoisotopic (exact) mass is 254 g/mol. The van der Waals surface area contributed by atoms with Crippen molar-refractivity contribution >= 4 is 6.03 Å². The van der Waals surface area contributed by atoms with E-state index in [9.17, 15) is 9.18 Å². The maximum absolute atomic E-state index is 12.9. The maximum Gasteiger partial charge on any atom is 0.315 e. The second-order valence-electron chi connectivity index (χ2n) is 4.30. The van der Waals surface area contributed by atoms with Gasteiger partial charge in [0.25, 0.3) is 0 Å². The zero-order valence-corrected chi connectivity index (χ0v) is 10.7. The van der Waals surface area contributed by atoms with Crippen molar-refractivity contribution < 1.29 is 14.3 Å². The zero-order chi connectivity index (χ0) is 13.5. The summed E-state index contributed by atoms with van der Waals surface area (Å²) in [6.45, 7) is 3.93. The highest BCUT2D eigenvalue weighted by atomic mass is 19.1. The van der Waals surface area contributed by atoms with Crippen LogP contribution in [0.1, 0.15) is 18.1 Å². The van der Waals surface area contributed by atoms with Crippen LogP contribution in [0.4, 0.5) is 9.18 Å². The average molecular weight is 254 g/mol. The van der Waals surface area contributed by atoms with Crippen molar-refractivity contribution in [3.63, 3.8) is 0 Å². The number of halogens is 1. The van der Waals surface area contributed by atoms with E-state index in [2.05, 4.69) is 10.6 Å². The SMILES string of the molecule is Cc1cc(F)ccc1CCNC(=O)NC(C)CO. The average Bonchev–Trinajstić information content (AvgIpc) is 2.31. The molecule has 4 nitrogen and oxygen atoms in total. The van der Waals surface area contributed by atoms with E-state index in [0.29, 0.717) is 13.0 Å². The standard InChI is InChI=1S/C13H19FN2O2/c1-9-7-12(14)4-3-11(9)5-6-15-13(18)16-10(2)8-17/h3-4,7,10,17H,5-6,8H2,1-2H3,(H2,15,16,18). The number of benzene rings is 1. The molecule has 0 heterocycles. The van der Waals surface area contributed by atoms with Gasteiger partial charge in [-0.1, -0.05) is 6.07 Å². The van der Waals surface area contributed by atoms with Gasteiger partial charge in [-0.2, -0.15) is 0 Å². The van der Waals surface area contributed by atoms with Gasteiger partial charge in [-0.05, 0) is 43.5 Å². The molecule has 0 aliphatic carbocycles. The lowest BCUT2D eigenvalue weighted by molar-refractivity contribution is 0.220. The van der Waals surface area contributed by atoms with Gasteiger partial charge in [0.2, 0.25) is 0 Å². The van der Waals surface area contributed by atoms with Gasteiger partial charge in [0.1, 0.15) is 5.82 Å². The number of hydrogen-bond acceptors (Lipinski definition) is 2. The third-order valence-corrected chi connectivity index (χ3v) is 2.64. The van der Waals surface area contributed by atoms with Crippen molar-refractivity contribution in [3.8, 4) is 0 Å². The molecule has 0 aliphatic heterocycles. The van der Waals surface area contributed by atoms with Crippen LogP contribution in [0.5, 0.6) is 0 Å². The van der Waals surface area contributed by atoms with Crippen molar-refractivity contribution in [2.75, 3.05) is 13.2 Å². The van der Waals surface area contributed by atoms with Crippen LogP contribution in [0.3, 0.4) is 0 Å². The fourth-order valence-corrected chi connectivity index (χ4v) is 1.57. The highest BCUT2D eigenvalue weighted by Crippen LogP contribution is 2.10. The van der Waals surface area contributed by atoms with Crippen molar-refractivity contribution in [2.45, 2.75) is 26.3 Å². The highest BCUT2D eigenvalue weighted by Gasteiger charge is 2.05. The minimum absolute atomic E-state index is 0.0928. The number of aryl methyl sites for hydroxylation is 1. The molecule has 100 valence electrons. The van der Waals surface area contributed by atoms with Crippen LogP contribution in [-0.2, 0) is 6.42 Å². The van der Waals surface area contributed by atoms with Gasteiger partial charge < -0.3 is 15.7 Å². The lowest BCUT2D eigenvalue weighted by Gasteiger charge is -2.12. The first-order valence-electron chi connectivity index (χ1n) is 5.93. The molecule has 1 aromatic rings. The van der Waals surface area contributed by atoms with Gasteiger partial charge in [0.15, 0.2) is 0 Å². The molecule has 0 bridgehead atoms. The summed E-state index contributed by atoms with van der Waals surface area (Å²) in [5.41, 5.74) is 1.88. The third kappa shape index (κ3) is 4.71. The molecule has 0 radical (unpaired) electrons. The zero-order valence-electron chi connectivity index (χ0n) is 10.7. The Labute approximate surface area is 106 Å². The Morgan fingerprint density at radius 1 is 1.50 bits per heavy atom. The second-order valence-corrected chi connectivity index (χ2v) is 4.30. The van der Waals surface area contributed by atoms with Crippen molar-refractivity contribution in [1.82, 2.24) is 10.6 Å². The van der Waals surface area contributed by atoms with Crippen LogP contribution in [0.15, 0.2) is 18.2 Å². The molecule has 0 aliphatic rings. The van der Waals surface area contributed by atoms with Crippen molar-refractivity contribution in [1.29, 1.82) is 0 Å².